The standard InChI is InChI=1S/C13H8F2O/c14-12-5-3-9(4-6-12)10-1-2-11(8-16)13(15)7-10/h1-8H. The van der Waals surface area contributed by atoms with Gasteiger partial charge in [0.05, 0.1) is 5.56 Å². The molecule has 0 aromatic heterocycles. The van der Waals surface area contributed by atoms with E-state index >= 15 is 0 Å². The van der Waals surface area contributed by atoms with Crippen molar-refractivity contribution in [1.82, 2.24) is 0 Å². The largest absolute Gasteiger partial charge is 0.298 e. The van der Waals surface area contributed by atoms with Gasteiger partial charge in [-0.1, -0.05) is 18.2 Å². The summed E-state index contributed by atoms with van der Waals surface area (Å²) in [7, 11) is 0. The Morgan fingerprint density at radius 2 is 1.50 bits per heavy atom. The van der Waals surface area contributed by atoms with Gasteiger partial charge in [-0.3, -0.25) is 4.79 Å². The van der Waals surface area contributed by atoms with Gasteiger partial charge in [-0.25, -0.2) is 8.78 Å². The van der Waals surface area contributed by atoms with Crippen LogP contribution in [-0.4, -0.2) is 6.29 Å². The molecule has 0 saturated heterocycles. The molecular formula is C13H8F2O. The lowest BCUT2D eigenvalue weighted by Gasteiger charge is -2.02. The summed E-state index contributed by atoms with van der Waals surface area (Å²) in [4.78, 5) is 10.4. The number of carbonyl (C=O) groups excluding carboxylic acids is 1. The van der Waals surface area contributed by atoms with Crippen molar-refractivity contribution < 1.29 is 13.6 Å². The Morgan fingerprint density at radius 1 is 0.875 bits per heavy atom. The van der Waals surface area contributed by atoms with Crippen molar-refractivity contribution >= 4 is 6.29 Å². The average molecular weight is 218 g/mol. The van der Waals surface area contributed by atoms with Crippen LogP contribution in [0.2, 0.25) is 0 Å². The molecule has 0 amide bonds. The van der Waals surface area contributed by atoms with E-state index in [9.17, 15) is 13.6 Å². The third-order valence-electron chi connectivity index (χ3n) is 2.30. The molecule has 0 fully saturated rings. The van der Waals surface area contributed by atoms with Crippen LogP contribution in [0.4, 0.5) is 8.78 Å². The summed E-state index contributed by atoms with van der Waals surface area (Å²) in [6.07, 6.45) is 0.462. The molecule has 0 saturated carbocycles. The maximum atomic E-state index is 13.3. The number of hydrogen-bond donors (Lipinski definition) is 0. The minimum absolute atomic E-state index is 0.0193. The molecule has 0 atom stereocenters. The highest BCUT2D eigenvalue weighted by Crippen LogP contribution is 2.21. The Labute approximate surface area is 91.3 Å². The zero-order chi connectivity index (χ0) is 11.5. The second kappa shape index (κ2) is 4.23. The van der Waals surface area contributed by atoms with Crippen LogP contribution in [0.25, 0.3) is 11.1 Å². The molecule has 2 rings (SSSR count). The first kappa shape index (κ1) is 10.5. The van der Waals surface area contributed by atoms with Gasteiger partial charge >= 0.3 is 0 Å². The van der Waals surface area contributed by atoms with Crippen molar-refractivity contribution in [2.24, 2.45) is 0 Å². The van der Waals surface area contributed by atoms with Gasteiger partial charge in [-0.15, -0.1) is 0 Å². The van der Waals surface area contributed by atoms with E-state index in [1.54, 1.807) is 18.2 Å². The van der Waals surface area contributed by atoms with Crippen molar-refractivity contribution in [2.75, 3.05) is 0 Å². The molecule has 0 aliphatic carbocycles. The van der Waals surface area contributed by atoms with Gasteiger partial charge in [0.15, 0.2) is 6.29 Å². The van der Waals surface area contributed by atoms with Crippen LogP contribution >= 0.6 is 0 Å². The van der Waals surface area contributed by atoms with Crippen molar-refractivity contribution in [1.29, 1.82) is 0 Å². The molecule has 2 aromatic carbocycles. The minimum Gasteiger partial charge on any atom is -0.298 e. The third kappa shape index (κ3) is 1.98. The Bertz CT molecular complexity index is 518. The van der Waals surface area contributed by atoms with E-state index in [2.05, 4.69) is 0 Å². The van der Waals surface area contributed by atoms with E-state index in [-0.39, 0.29) is 11.4 Å². The molecule has 16 heavy (non-hydrogen) atoms. The maximum absolute atomic E-state index is 13.3. The Morgan fingerprint density at radius 3 is 2.06 bits per heavy atom. The Hall–Kier alpha value is -2.03. The smallest absolute Gasteiger partial charge is 0.152 e. The highest BCUT2D eigenvalue weighted by Gasteiger charge is 2.04. The lowest BCUT2D eigenvalue weighted by molar-refractivity contribution is 0.112. The number of halogens is 2. The van der Waals surface area contributed by atoms with E-state index < -0.39 is 5.82 Å². The monoisotopic (exact) mass is 218 g/mol. The topological polar surface area (TPSA) is 17.1 Å². The summed E-state index contributed by atoms with van der Waals surface area (Å²) < 4.78 is 26.0. The fourth-order valence-corrected chi connectivity index (χ4v) is 1.44. The lowest BCUT2D eigenvalue weighted by Crippen LogP contribution is -1.88. The molecule has 0 bridgehead atoms. The number of hydrogen-bond acceptors (Lipinski definition) is 1. The first-order valence-electron chi connectivity index (χ1n) is 4.71. The summed E-state index contributed by atoms with van der Waals surface area (Å²) in [5.41, 5.74) is 1.34. The zero-order valence-corrected chi connectivity index (χ0v) is 8.28. The van der Waals surface area contributed by atoms with Crippen LogP contribution in [0.5, 0.6) is 0 Å². The first-order chi connectivity index (χ1) is 7.70. The number of rotatable bonds is 2. The molecule has 0 aliphatic heterocycles. The molecule has 80 valence electrons. The van der Waals surface area contributed by atoms with E-state index in [4.69, 9.17) is 0 Å². The van der Waals surface area contributed by atoms with Gasteiger partial charge in [0.2, 0.25) is 0 Å². The first-order valence-corrected chi connectivity index (χ1v) is 4.71. The van der Waals surface area contributed by atoms with Gasteiger partial charge < -0.3 is 0 Å². The van der Waals surface area contributed by atoms with Crippen LogP contribution in [-0.2, 0) is 0 Å². The minimum atomic E-state index is -0.572. The number of aldehydes is 1. The van der Waals surface area contributed by atoms with Crippen molar-refractivity contribution in [3.63, 3.8) is 0 Å². The van der Waals surface area contributed by atoms with Gasteiger partial charge in [0, 0.05) is 0 Å². The van der Waals surface area contributed by atoms with Crippen molar-refractivity contribution in [3.05, 3.63) is 59.7 Å². The lowest BCUT2D eigenvalue weighted by atomic mass is 10.0. The van der Waals surface area contributed by atoms with Crippen LogP contribution in [0.1, 0.15) is 10.4 Å². The second-order valence-electron chi connectivity index (χ2n) is 3.36. The van der Waals surface area contributed by atoms with E-state index in [1.165, 1.54) is 24.3 Å². The summed E-state index contributed by atoms with van der Waals surface area (Å²) in [5.74, 6) is -0.912. The van der Waals surface area contributed by atoms with Gasteiger partial charge in [-0.2, -0.15) is 0 Å². The number of carbonyl (C=O) groups is 1. The van der Waals surface area contributed by atoms with Crippen LogP contribution in [0.3, 0.4) is 0 Å². The van der Waals surface area contributed by atoms with Crippen molar-refractivity contribution in [2.45, 2.75) is 0 Å². The summed E-state index contributed by atoms with van der Waals surface area (Å²) >= 11 is 0. The highest BCUT2D eigenvalue weighted by atomic mass is 19.1. The number of benzene rings is 2. The SMILES string of the molecule is O=Cc1ccc(-c2ccc(F)cc2)cc1F. The van der Waals surface area contributed by atoms with E-state index in [0.717, 1.165) is 0 Å². The molecule has 0 heterocycles. The van der Waals surface area contributed by atoms with Gasteiger partial charge in [-0.05, 0) is 35.4 Å². The molecule has 0 aliphatic rings. The maximum Gasteiger partial charge on any atom is 0.152 e. The highest BCUT2D eigenvalue weighted by molar-refractivity contribution is 5.77. The molecule has 3 heteroatoms. The molecule has 0 N–H and O–H groups in total. The van der Waals surface area contributed by atoms with Crippen molar-refractivity contribution in [3.8, 4) is 11.1 Å². The quantitative estimate of drug-likeness (QED) is 0.705. The predicted octanol–water partition coefficient (Wildman–Crippen LogP) is 3.44. The normalized spacial score (nSPS) is 10.1. The fourth-order valence-electron chi connectivity index (χ4n) is 1.44. The molecule has 0 radical (unpaired) electrons. The summed E-state index contributed by atoms with van der Waals surface area (Å²) in [5, 5.41) is 0. The third-order valence-corrected chi connectivity index (χ3v) is 2.30. The molecule has 1 nitrogen and oxygen atoms in total. The van der Waals surface area contributed by atoms with Gasteiger partial charge in [0.1, 0.15) is 11.6 Å². The summed E-state index contributed by atoms with van der Waals surface area (Å²) in [6, 6.07) is 10.0. The fraction of sp³-hybridized carbons (Fsp3) is 0. The van der Waals surface area contributed by atoms with E-state index in [1.807, 2.05) is 0 Å². The average Bonchev–Trinajstić information content (AvgIpc) is 2.30. The predicted molar refractivity (Wildman–Crippen MR) is 57.2 cm³/mol. The molecular weight excluding hydrogens is 210 g/mol. The summed E-state index contributed by atoms with van der Waals surface area (Å²) in [6.45, 7) is 0. The Balaban J connectivity index is 2.45. The Kier molecular flexibility index (Phi) is 2.77. The van der Waals surface area contributed by atoms with Crippen LogP contribution in [0, 0.1) is 11.6 Å². The van der Waals surface area contributed by atoms with Crippen LogP contribution in [0.15, 0.2) is 42.5 Å². The zero-order valence-electron chi connectivity index (χ0n) is 8.28. The molecule has 2 aromatic rings. The molecule has 0 spiro atoms. The second-order valence-corrected chi connectivity index (χ2v) is 3.36. The van der Waals surface area contributed by atoms with Gasteiger partial charge in [0.25, 0.3) is 0 Å². The van der Waals surface area contributed by atoms with Crippen LogP contribution < -0.4 is 0 Å². The molecule has 0 unspecified atom stereocenters. The van der Waals surface area contributed by atoms with E-state index in [0.29, 0.717) is 17.4 Å².